The maximum absolute atomic E-state index is 11.2. The van der Waals surface area contributed by atoms with Gasteiger partial charge in [-0.3, -0.25) is 15.0 Å². The quantitative estimate of drug-likeness (QED) is 0.672. The fraction of sp³-hybridized carbons (Fsp3) is 0.231. The number of carbonyl (C=O) groups excluding carboxylic acids is 1. The van der Waals surface area contributed by atoms with Gasteiger partial charge >= 0.3 is 0 Å². The Labute approximate surface area is 118 Å². The molecule has 5 nitrogen and oxygen atoms in total. The highest BCUT2D eigenvalue weighted by Gasteiger charge is 2.16. The molecule has 0 aliphatic heterocycles. The number of ether oxygens (including phenoxy) is 1. The Morgan fingerprint density at radius 3 is 2.89 bits per heavy atom. The van der Waals surface area contributed by atoms with Crippen molar-refractivity contribution < 1.29 is 14.7 Å². The SMILES string of the molecule is Cc1ccnc2ccc(OC(C)C(=O)NO)c(Br)c12. The molecule has 1 aromatic carbocycles. The Morgan fingerprint density at radius 2 is 2.21 bits per heavy atom. The molecule has 0 radical (unpaired) electrons. The summed E-state index contributed by atoms with van der Waals surface area (Å²) in [4.78, 5) is 15.5. The lowest BCUT2D eigenvalue weighted by Crippen LogP contribution is -2.34. The number of nitrogens with zero attached hydrogens (tertiary/aromatic N) is 1. The highest BCUT2D eigenvalue weighted by molar-refractivity contribution is 9.10. The Balaban J connectivity index is 2.43. The van der Waals surface area contributed by atoms with Crippen LogP contribution in [0.5, 0.6) is 5.75 Å². The molecule has 0 spiro atoms. The summed E-state index contributed by atoms with van der Waals surface area (Å²) < 4.78 is 6.26. The number of amides is 1. The lowest BCUT2D eigenvalue weighted by Gasteiger charge is -2.15. The summed E-state index contributed by atoms with van der Waals surface area (Å²) in [6.07, 6.45) is 0.947. The van der Waals surface area contributed by atoms with Gasteiger partial charge in [-0.05, 0) is 53.5 Å². The highest BCUT2D eigenvalue weighted by atomic mass is 79.9. The van der Waals surface area contributed by atoms with E-state index in [-0.39, 0.29) is 0 Å². The first-order valence-corrected chi connectivity index (χ1v) is 6.48. The van der Waals surface area contributed by atoms with Crippen molar-refractivity contribution in [3.05, 3.63) is 34.4 Å². The Hall–Kier alpha value is -1.66. The fourth-order valence-electron chi connectivity index (χ4n) is 1.77. The second kappa shape index (κ2) is 5.54. The lowest BCUT2D eigenvalue weighted by atomic mass is 10.1. The molecule has 1 aromatic heterocycles. The third-order valence-corrected chi connectivity index (χ3v) is 3.59. The molecule has 2 aromatic rings. The molecule has 0 saturated carbocycles. The van der Waals surface area contributed by atoms with E-state index >= 15 is 0 Å². The molecule has 19 heavy (non-hydrogen) atoms. The maximum atomic E-state index is 11.2. The molecule has 1 heterocycles. The number of fused-ring (bicyclic) bond motifs is 1. The number of hydrogen-bond donors (Lipinski definition) is 2. The predicted molar refractivity (Wildman–Crippen MR) is 74.2 cm³/mol. The van der Waals surface area contributed by atoms with E-state index in [1.165, 1.54) is 0 Å². The van der Waals surface area contributed by atoms with Gasteiger partial charge in [-0.15, -0.1) is 0 Å². The topological polar surface area (TPSA) is 71.5 Å². The Kier molecular flexibility index (Phi) is 4.01. The standard InChI is InChI=1S/C13H13BrN2O3/c1-7-5-6-15-9-3-4-10(12(14)11(7)9)19-8(2)13(17)16-18/h3-6,8,18H,1-2H3,(H,16,17). The van der Waals surface area contributed by atoms with Gasteiger partial charge in [0.05, 0.1) is 9.99 Å². The predicted octanol–water partition coefficient (Wildman–Crippen LogP) is 2.58. The van der Waals surface area contributed by atoms with Gasteiger partial charge in [0.25, 0.3) is 5.91 Å². The average Bonchev–Trinajstić information content (AvgIpc) is 2.41. The van der Waals surface area contributed by atoms with Crippen LogP contribution in [0.2, 0.25) is 0 Å². The van der Waals surface area contributed by atoms with E-state index in [0.717, 1.165) is 20.9 Å². The van der Waals surface area contributed by atoms with E-state index in [1.807, 2.05) is 19.1 Å². The van der Waals surface area contributed by atoms with Gasteiger partial charge in [0.1, 0.15) is 5.75 Å². The number of hydrogen-bond acceptors (Lipinski definition) is 4. The molecule has 1 atom stereocenters. The molecule has 1 amide bonds. The molecular weight excluding hydrogens is 312 g/mol. The van der Waals surface area contributed by atoms with Gasteiger partial charge < -0.3 is 4.74 Å². The molecule has 0 fully saturated rings. The molecule has 0 saturated heterocycles. The van der Waals surface area contributed by atoms with Crippen LogP contribution in [0.25, 0.3) is 10.9 Å². The molecule has 6 heteroatoms. The van der Waals surface area contributed by atoms with Crippen molar-refractivity contribution in [3.8, 4) is 5.75 Å². The van der Waals surface area contributed by atoms with Gasteiger partial charge in [0.15, 0.2) is 6.10 Å². The van der Waals surface area contributed by atoms with Crippen LogP contribution in [0, 0.1) is 6.92 Å². The van der Waals surface area contributed by atoms with Crippen molar-refractivity contribution in [2.75, 3.05) is 0 Å². The van der Waals surface area contributed by atoms with Crippen molar-refractivity contribution in [2.45, 2.75) is 20.0 Å². The molecule has 1 unspecified atom stereocenters. The lowest BCUT2D eigenvalue weighted by molar-refractivity contribution is -0.135. The number of aryl methyl sites for hydroxylation is 1. The van der Waals surface area contributed by atoms with E-state index in [0.29, 0.717) is 5.75 Å². The number of aromatic nitrogens is 1. The minimum absolute atomic E-state index is 0.528. The molecule has 0 aliphatic carbocycles. The number of carbonyl (C=O) groups is 1. The van der Waals surface area contributed by atoms with E-state index < -0.39 is 12.0 Å². The first-order chi connectivity index (χ1) is 9.04. The van der Waals surface area contributed by atoms with Crippen molar-refractivity contribution in [1.82, 2.24) is 10.5 Å². The van der Waals surface area contributed by atoms with Crippen LogP contribution in [0.4, 0.5) is 0 Å². The van der Waals surface area contributed by atoms with E-state index in [1.54, 1.807) is 24.7 Å². The summed E-state index contributed by atoms with van der Waals surface area (Å²) in [5.41, 5.74) is 3.46. The summed E-state index contributed by atoms with van der Waals surface area (Å²) in [5, 5.41) is 9.51. The Morgan fingerprint density at radius 1 is 1.47 bits per heavy atom. The van der Waals surface area contributed by atoms with E-state index in [4.69, 9.17) is 9.94 Å². The number of hydroxylamine groups is 1. The first kappa shape index (κ1) is 13.8. The normalized spacial score (nSPS) is 12.2. The van der Waals surface area contributed by atoms with Crippen LogP contribution >= 0.6 is 15.9 Å². The zero-order valence-corrected chi connectivity index (χ0v) is 12.1. The molecular formula is C13H13BrN2O3. The summed E-state index contributed by atoms with van der Waals surface area (Å²) in [7, 11) is 0. The van der Waals surface area contributed by atoms with Crippen LogP contribution in [0.15, 0.2) is 28.9 Å². The number of pyridine rings is 1. The minimum atomic E-state index is -0.796. The van der Waals surface area contributed by atoms with Crippen molar-refractivity contribution >= 4 is 32.7 Å². The summed E-state index contributed by atoms with van der Waals surface area (Å²) in [5.74, 6) is -0.0744. The van der Waals surface area contributed by atoms with E-state index in [9.17, 15) is 4.79 Å². The highest BCUT2D eigenvalue weighted by Crippen LogP contribution is 2.34. The zero-order valence-electron chi connectivity index (χ0n) is 10.5. The number of halogens is 1. The molecule has 0 aliphatic rings. The van der Waals surface area contributed by atoms with Crippen LogP contribution in [-0.4, -0.2) is 22.2 Å². The summed E-state index contributed by atoms with van der Waals surface area (Å²) >= 11 is 3.47. The largest absolute Gasteiger partial charge is 0.480 e. The second-order valence-electron chi connectivity index (χ2n) is 4.14. The molecule has 2 N–H and O–H groups in total. The third kappa shape index (κ3) is 2.69. The van der Waals surface area contributed by atoms with Gasteiger partial charge in [-0.2, -0.15) is 0 Å². The monoisotopic (exact) mass is 324 g/mol. The molecule has 100 valence electrons. The van der Waals surface area contributed by atoms with Crippen LogP contribution < -0.4 is 10.2 Å². The minimum Gasteiger partial charge on any atom is -0.480 e. The summed E-state index contributed by atoms with van der Waals surface area (Å²) in [6.45, 7) is 3.53. The van der Waals surface area contributed by atoms with Gasteiger partial charge in [-0.1, -0.05) is 0 Å². The maximum Gasteiger partial charge on any atom is 0.284 e. The first-order valence-electron chi connectivity index (χ1n) is 5.69. The van der Waals surface area contributed by atoms with Crippen LogP contribution in [0.1, 0.15) is 12.5 Å². The summed E-state index contributed by atoms with van der Waals surface area (Å²) in [6, 6.07) is 5.47. The fourth-order valence-corrected chi connectivity index (χ4v) is 2.51. The van der Waals surface area contributed by atoms with Gasteiger partial charge in [0.2, 0.25) is 0 Å². The second-order valence-corrected chi connectivity index (χ2v) is 4.93. The van der Waals surface area contributed by atoms with Gasteiger partial charge in [-0.25, -0.2) is 5.48 Å². The zero-order chi connectivity index (χ0) is 14.0. The smallest absolute Gasteiger partial charge is 0.284 e. The number of benzene rings is 1. The average molecular weight is 325 g/mol. The Bertz CT molecular complexity index is 631. The van der Waals surface area contributed by atoms with Crippen molar-refractivity contribution in [2.24, 2.45) is 0 Å². The molecule has 2 rings (SSSR count). The van der Waals surface area contributed by atoms with E-state index in [2.05, 4.69) is 20.9 Å². The number of rotatable bonds is 3. The van der Waals surface area contributed by atoms with Crippen molar-refractivity contribution in [3.63, 3.8) is 0 Å². The molecule has 0 bridgehead atoms. The third-order valence-electron chi connectivity index (χ3n) is 2.80. The number of nitrogens with one attached hydrogen (secondary N) is 1. The van der Waals surface area contributed by atoms with Gasteiger partial charge in [0, 0.05) is 11.6 Å². The van der Waals surface area contributed by atoms with Crippen molar-refractivity contribution in [1.29, 1.82) is 0 Å². The van der Waals surface area contributed by atoms with Crippen LogP contribution in [-0.2, 0) is 4.79 Å². The van der Waals surface area contributed by atoms with Crippen LogP contribution in [0.3, 0.4) is 0 Å².